The summed E-state index contributed by atoms with van der Waals surface area (Å²) >= 11 is 0. The zero-order chi connectivity index (χ0) is 23.7. The fourth-order valence-corrected chi connectivity index (χ4v) is 4.54. The summed E-state index contributed by atoms with van der Waals surface area (Å²) in [5.74, 6) is 0.592. The number of sulfonamides is 1. The van der Waals surface area contributed by atoms with Crippen LogP contribution in [-0.2, 0) is 19.6 Å². The van der Waals surface area contributed by atoms with Gasteiger partial charge >= 0.3 is 0 Å². The van der Waals surface area contributed by atoms with Crippen molar-refractivity contribution in [2.24, 2.45) is 4.99 Å². The molecule has 176 valence electrons. The molecular formula is C23H28N4O5S. The summed E-state index contributed by atoms with van der Waals surface area (Å²) in [5, 5.41) is 5.33. The Bertz CT molecular complexity index is 1110. The summed E-state index contributed by atoms with van der Waals surface area (Å²) in [4.78, 5) is 28.5. The number of nitrogens with zero attached hydrogens (tertiary/aromatic N) is 1. The fourth-order valence-electron chi connectivity index (χ4n) is 3.29. The molecule has 3 N–H and O–H groups in total. The molecule has 0 saturated heterocycles. The first kappa shape index (κ1) is 24.2. The minimum atomic E-state index is -3.52. The summed E-state index contributed by atoms with van der Waals surface area (Å²) in [5.41, 5.74) is 1.21. The van der Waals surface area contributed by atoms with Gasteiger partial charge in [0.1, 0.15) is 11.6 Å². The topological polar surface area (TPSA) is 126 Å². The van der Waals surface area contributed by atoms with Crippen LogP contribution in [0.1, 0.15) is 38.2 Å². The number of ether oxygens (including phenoxy) is 1. The molecule has 1 heterocycles. The van der Waals surface area contributed by atoms with Crippen molar-refractivity contribution in [1.82, 2.24) is 10.0 Å². The highest BCUT2D eigenvalue weighted by molar-refractivity contribution is 7.90. The van der Waals surface area contributed by atoms with Crippen LogP contribution in [0.25, 0.3) is 0 Å². The van der Waals surface area contributed by atoms with E-state index in [1.165, 1.54) is 0 Å². The lowest BCUT2D eigenvalue weighted by Crippen LogP contribution is -2.32. The molecule has 2 aromatic carbocycles. The lowest BCUT2D eigenvalue weighted by Gasteiger charge is -2.08. The number of amidine groups is 1. The van der Waals surface area contributed by atoms with Crippen LogP contribution in [0.3, 0.4) is 0 Å². The monoisotopic (exact) mass is 472 g/mol. The second kappa shape index (κ2) is 11.5. The molecule has 2 aromatic rings. The minimum absolute atomic E-state index is 0.0980. The van der Waals surface area contributed by atoms with Crippen molar-refractivity contribution in [3.05, 3.63) is 54.1 Å². The Morgan fingerprint density at radius 2 is 1.76 bits per heavy atom. The van der Waals surface area contributed by atoms with Gasteiger partial charge in [-0.25, -0.2) is 8.42 Å². The second-order valence-electron chi connectivity index (χ2n) is 7.42. The third kappa shape index (κ3) is 7.04. The summed E-state index contributed by atoms with van der Waals surface area (Å²) in [6, 6.07) is 13.7. The van der Waals surface area contributed by atoms with Crippen LogP contribution in [0, 0.1) is 0 Å². The van der Waals surface area contributed by atoms with Gasteiger partial charge in [0, 0.05) is 24.2 Å². The SMILES string of the molecule is CCOc1ccc(NC(=O)CNC(=O)CCCCCN=C2NS(=O)(=O)c3ccccc32)cc1. The van der Waals surface area contributed by atoms with E-state index in [9.17, 15) is 18.0 Å². The van der Waals surface area contributed by atoms with Crippen molar-refractivity contribution < 1.29 is 22.7 Å². The van der Waals surface area contributed by atoms with Crippen LogP contribution < -0.4 is 20.1 Å². The molecule has 33 heavy (non-hydrogen) atoms. The predicted octanol–water partition coefficient (Wildman–Crippen LogP) is 2.44. The standard InChI is InChI=1S/C23H28N4O5S/c1-2-32-18-13-11-17(12-14-18)26-22(29)16-25-21(28)10-4-3-7-15-24-23-19-8-5-6-9-20(19)33(30,31)27-23/h5-6,8-9,11-14H,2-4,7,10,15-16H2,1H3,(H,24,27)(H,25,28)(H,26,29). The van der Waals surface area contributed by atoms with Crippen LogP contribution in [0.5, 0.6) is 5.75 Å². The van der Waals surface area contributed by atoms with Crippen molar-refractivity contribution in [2.75, 3.05) is 25.0 Å². The molecule has 0 spiro atoms. The number of carbonyl (C=O) groups excluding carboxylic acids is 2. The Balaban J connectivity index is 1.30. The smallest absolute Gasteiger partial charge is 0.263 e. The molecule has 0 unspecified atom stereocenters. The van der Waals surface area contributed by atoms with Crippen LogP contribution in [0.2, 0.25) is 0 Å². The maximum atomic E-state index is 12.1. The van der Waals surface area contributed by atoms with Crippen LogP contribution in [0.4, 0.5) is 5.69 Å². The zero-order valence-electron chi connectivity index (χ0n) is 18.5. The normalized spacial score (nSPS) is 14.9. The van der Waals surface area contributed by atoms with Gasteiger partial charge in [0.05, 0.1) is 18.0 Å². The molecule has 1 aliphatic rings. The van der Waals surface area contributed by atoms with E-state index in [1.54, 1.807) is 48.5 Å². The molecule has 0 radical (unpaired) electrons. The van der Waals surface area contributed by atoms with E-state index in [2.05, 4.69) is 20.3 Å². The molecule has 0 aromatic heterocycles. The molecule has 0 atom stereocenters. The summed E-state index contributed by atoms with van der Waals surface area (Å²) in [6.45, 7) is 2.83. The maximum Gasteiger partial charge on any atom is 0.263 e. The summed E-state index contributed by atoms with van der Waals surface area (Å²) < 4.78 is 31.9. The van der Waals surface area contributed by atoms with Crippen LogP contribution in [-0.4, -0.2) is 45.8 Å². The van der Waals surface area contributed by atoms with Crippen molar-refractivity contribution in [2.45, 2.75) is 37.5 Å². The maximum absolute atomic E-state index is 12.1. The number of hydrogen-bond donors (Lipinski definition) is 3. The quantitative estimate of drug-likeness (QED) is 0.433. The van der Waals surface area contributed by atoms with E-state index in [-0.39, 0.29) is 23.3 Å². The van der Waals surface area contributed by atoms with Crippen molar-refractivity contribution in [1.29, 1.82) is 0 Å². The number of anilines is 1. The molecular weight excluding hydrogens is 444 g/mol. The number of carbonyl (C=O) groups is 2. The minimum Gasteiger partial charge on any atom is -0.494 e. The highest BCUT2D eigenvalue weighted by atomic mass is 32.2. The number of benzene rings is 2. The van der Waals surface area contributed by atoms with E-state index in [0.29, 0.717) is 43.1 Å². The second-order valence-corrected chi connectivity index (χ2v) is 9.08. The van der Waals surface area contributed by atoms with Gasteiger partial charge in [-0.15, -0.1) is 0 Å². The first-order valence-electron chi connectivity index (χ1n) is 10.8. The molecule has 0 saturated carbocycles. The van der Waals surface area contributed by atoms with E-state index in [4.69, 9.17) is 4.74 Å². The Kier molecular flexibility index (Phi) is 8.42. The predicted molar refractivity (Wildman–Crippen MR) is 126 cm³/mol. The van der Waals surface area contributed by atoms with Gasteiger partial charge in [0.25, 0.3) is 10.0 Å². The van der Waals surface area contributed by atoms with Crippen molar-refractivity contribution in [3.8, 4) is 5.75 Å². The zero-order valence-corrected chi connectivity index (χ0v) is 19.3. The molecule has 2 amide bonds. The van der Waals surface area contributed by atoms with E-state index >= 15 is 0 Å². The van der Waals surface area contributed by atoms with Gasteiger partial charge in [0.2, 0.25) is 11.8 Å². The van der Waals surface area contributed by atoms with Crippen LogP contribution in [0.15, 0.2) is 58.4 Å². The van der Waals surface area contributed by atoms with E-state index in [0.717, 1.165) is 18.6 Å². The highest BCUT2D eigenvalue weighted by Gasteiger charge is 2.29. The third-order valence-electron chi connectivity index (χ3n) is 4.89. The molecule has 0 aliphatic carbocycles. The van der Waals surface area contributed by atoms with Gasteiger partial charge in [0.15, 0.2) is 0 Å². The Hall–Kier alpha value is -3.40. The number of aliphatic imine (C=N–C) groups is 1. The Morgan fingerprint density at radius 1 is 1.00 bits per heavy atom. The lowest BCUT2D eigenvalue weighted by molar-refractivity contribution is -0.124. The third-order valence-corrected chi connectivity index (χ3v) is 6.29. The van der Waals surface area contributed by atoms with Crippen molar-refractivity contribution in [3.63, 3.8) is 0 Å². The Morgan fingerprint density at radius 3 is 2.52 bits per heavy atom. The Labute approximate surface area is 193 Å². The van der Waals surface area contributed by atoms with Gasteiger partial charge in [-0.2, -0.15) is 0 Å². The van der Waals surface area contributed by atoms with Gasteiger partial charge in [-0.3, -0.25) is 19.3 Å². The van der Waals surface area contributed by atoms with Gasteiger partial charge in [-0.05, 0) is 56.2 Å². The number of amides is 2. The average molecular weight is 473 g/mol. The molecule has 0 fully saturated rings. The van der Waals surface area contributed by atoms with E-state index in [1.807, 2.05) is 6.92 Å². The summed E-state index contributed by atoms with van der Waals surface area (Å²) in [6.07, 6.45) is 2.44. The number of nitrogens with one attached hydrogen (secondary N) is 3. The molecule has 9 nitrogen and oxygen atoms in total. The lowest BCUT2D eigenvalue weighted by atomic mass is 10.2. The highest BCUT2D eigenvalue weighted by Crippen LogP contribution is 2.22. The molecule has 0 bridgehead atoms. The largest absolute Gasteiger partial charge is 0.494 e. The van der Waals surface area contributed by atoms with Crippen LogP contribution >= 0.6 is 0 Å². The number of fused-ring (bicyclic) bond motifs is 1. The fraction of sp³-hybridized carbons (Fsp3) is 0.348. The van der Waals surface area contributed by atoms with E-state index < -0.39 is 10.0 Å². The van der Waals surface area contributed by atoms with Gasteiger partial charge < -0.3 is 15.4 Å². The van der Waals surface area contributed by atoms with Crippen molar-refractivity contribution >= 4 is 33.4 Å². The first-order chi connectivity index (χ1) is 15.9. The average Bonchev–Trinajstić information content (AvgIpc) is 3.06. The number of hydrogen-bond acceptors (Lipinski definition) is 6. The summed E-state index contributed by atoms with van der Waals surface area (Å²) in [7, 11) is -3.52. The van der Waals surface area contributed by atoms with Gasteiger partial charge in [-0.1, -0.05) is 18.6 Å². The number of rotatable bonds is 11. The number of unbranched alkanes of at least 4 members (excludes halogenated alkanes) is 2. The molecule has 3 rings (SSSR count). The first-order valence-corrected chi connectivity index (χ1v) is 12.3. The molecule has 10 heteroatoms. The molecule has 1 aliphatic heterocycles.